The quantitative estimate of drug-likeness (QED) is 0.834. The molecule has 1 aromatic carbocycles. The summed E-state index contributed by atoms with van der Waals surface area (Å²) in [4.78, 5) is 0. The molecule has 0 aliphatic carbocycles. The minimum Gasteiger partial charge on any atom is -0.364 e. The summed E-state index contributed by atoms with van der Waals surface area (Å²) >= 11 is 0. The van der Waals surface area contributed by atoms with Crippen LogP contribution in [0.2, 0.25) is 0 Å². The maximum absolute atomic E-state index is 13.1. The SMILES string of the molecule is CC(C)(C)Nc1cc(-c2cccc(F)c2)[nH]n1. The van der Waals surface area contributed by atoms with Crippen molar-refractivity contribution < 1.29 is 4.39 Å². The van der Waals surface area contributed by atoms with Crippen molar-refractivity contribution in [1.82, 2.24) is 10.2 Å². The smallest absolute Gasteiger partial charge is 0.148 e. The molecule has 0 saturated heterocycles. The first-order valence-corrected chi connectivity index (χ1v) is 5.53. The fraction of sp³-hybridized carbons (Fsp3) is 0.308. The molecule has 0 atom stereocenters. The lowest BCUT2D eigenvalue weighted by atomic mass is 10.1. The van der Waals surface area contributed by atoms with Gasteiger partial charge in [-0.25, -0.2) is 4.39 Å². The topological polar surface area (TPSA) is 40.7 Å². The van der Waals surface area contributed by atoms with Crippen LogP contribution in [0, 0.1) is 5.82 Å². The van der Waals surface area contributed by atoms with Crippen LogP contribution in [-0.4, -0.2) is 15.7 Å². The van der Waals surface area contributed by atoms with Gasteiger partial charge in [-0.3, -0.25) is 5.10 Å². The Morgan fingerprint density at radius 1 is 1.24 bits per heavy atom. The van der Waals surface area contributed by atoms with Crippen molar-refractivity contribution in [3.63, 3.8) is 0 Å². The number of rotatable bonds is 2. The predicted octanol–water partition coefficient (Wildman–Crippen LogP) is 3.43. The molecule has 4 heteroatoms. The van der Waals surface area contributed by atoms with Gasteiger partial charge in [0.1, 0.15) is 11.6 Å². The van der Waals surface area contributed by atoms with Crippen LogP contribution in [0.25, 0.3) is 11.3 Å². The number of anilines is 1. The third-order valence-electron chi connectivity index (χ3n) is 2.22. The largest absolute Gasteiger partial charge is 0.364 e. The van der Waals surface area contributed by atoms with Gasteiger partial charge in [-0.2, -0.15) is 5.10 Å². The molecule has 1 heterocycles. The van der Waals surface area contributed by atoms with E-state index in [1.165, 1.54) is 12.1 Å². The Hall–Kier alpha value is -1.84. The maximum Gasteiger partial charge on any atom is 0.148 e. The lowest BCUT2D eigenvalue weighted by molar-refractivity contribution is 0.628. The second-order valence-electron chi connectivity index (χ2n) is 5.05. The number of aromatic amines is 1. The van der Waals surface area contributed by atoms with Gasteiger partial charge in [-0.15, -0.1) is 0 Å². The van der Waals surface area contributed by atoms with Gasteiger partial charge in [0.15, 0.2) is 0 Å². The molecule has 0 aliphatic rings. The summed E-state index contributed by atoms with van der Waals surface area (Å²) in [6.07, 6.45) is 0. The van der Waals surface area contributed by atoms with Gasteiger partial charge in [0.25, 0.3) is 0 Å². The molecule has 0 spiro atoms. The molecule has 0 amide bonds. The fourth-order valence-corrected chi connectivity index (χ4v) is 1.57. The molecule has 0 aliphatic heterocycles. The molecule has 90 valence electrons. The van der Waals surface area contributed by atoms with E-state index in [1.54, 1.807) is 6.07 Å². The first-order valence-electron chi connectivity index (χ1n) is 5.53. The average Bonchev–Trinajstić information content (AvgIpc) is 2.63. The summed E-state index contributed by atoms with van der Waals surface area (Å²) in [5.74, 6) is 0.513. The molecule has 0 radical (unpaired) electrons. The third-order valence-corrected chi connectivity index (χ3v) is 2.22. The zero-order valence-corrected chi connectivity index (χ0v) is 10.2. The van der Waals surface area contributed by atoms with E-state index in [-0.39, 0.29) is 11.4 Å². The van der Waals surface area contributed by atoms with Crippen molar-refractivity contribution in [2.24, 2.45) is 0 Å². The van der Waals surface area contributed by atoms with E-state index in [0.717, 1.165) is 17.1 Å². The Labute approximate surface area is 100 Å². The molecule has 17 heavy (non-hydrogen) atoms. The van der Waals surface area contributed by atoms with E-state index >= 15 is 0 Å². The van der Waals surface area contributed by atoms with Crippen molar-refractivity contribution in [1.29, 1.82) is 0 Å². The number of aromatic nitrogens is 2. The van der Waals surface area contributed by atoms with Gasteiger partial charge in [0.2, 0.25) is 0 Å². The van der Waals surface area contributed by atoms with Crippen LogP contribution in [0.3, 0.4) is 0 Å². The highest BCUT2D eigenvalue weighted by molar-refractivity contribution is 5.62. The molecule has 0 fully saturated rings. The molecule has 2 N–H and O–H groups in total. The molecule has 0 saturated carbocycles. The van der Waals surface area contributed by atoms with E-state index in [1.807, 2.05) is 12.1 Å². The van der Waals surface area contributed by atoms with Gasteiger partial charge in [0, 0.05) is 17.2 Å². The first-order chi connectivity index (χ1) is 7.94. The highest BCUT2D eigenvalue weighted by Gasteiger charge is 2.12. The van der Waals surface area contributed by atoms with Gasteiger partial charge >= 0.3 is 0 Å². The molecular formula is C13H16FN3. The summed E-state index contributed by atoms with van der Waals surface area (Å²) in [6.45, 7) is 6.18. The van der Waals surface area contributed by atoms with Crippen LogP contribution in [0.4, 0.5) is 10.2 Å². The molecule has 3 nitrogen and oxygen atoms in total. The second kappa shape index (κ2) is 4.20. The number of hydrogen-bond donors (Lipinski definition) is 2. The van der Waals surface area contributed by atoms with Crippen LogP contribution < -0.4 is 5.32 Å². The number of benzene rings is 1. The first kappa shape index (κ1) is 11.6. The monoisotopic (exact) mass is 233 g/mol. The zero-order valence-electron chi connectivity index (χ0n) is 10.2. The van der Waals surface area contributed by atoms with Crippen LogP contribution in [0.15, 0.2) is 30.3 Å². The molecule has 1 aromatic heterocycles. The van der Waals surface area contributed by atoms with E-state index in [9.17, 15) is 4.39 Å². The normalized spacial score (nSPS) is 11.5. The minimum absolute atomic E-state index is 0.0472. The average molecular weight is 233 g/mol. The van der Waals surface area contributed by atoms with E-state index in [4.69, 9.17) is 0 Å². The number of nitrogens with one attached hydrogen (secondary N) is 2. The number of hydrogen-bond acceptors (Lipinski definition) is 2. The summed E-state index contributed by atoms with van der Waals surface area (Å²) < 4.78 is 13.1. The van der Waals surface area contributed by atoms with E-state index < -0.39 is 0 Å². The number of halogens is 1. The molecule has 0 bridgehead atoms. The fourth-order valence-electron chi connectivity index (χ4n) is 1.57. The van der Waals surface area contributed by atoms with Gasteiger partial charge in [-0.1, -0.05) is 12.1 Å². The summed E-state index contributed by atoms with van der Waals surface area (Å²) in [7, 11) is 0. The van der Waals surface area contributed by atoms with Crippen molar-refractivity contribution in [3.05, 3.63) is 36.1 Å². The van der Waals surface area contributed by atoms with Gasteiger partial charge in [0.05, 0.1) is 5.69 Å². The maximum atomic E-state index is 13.1. The lowest BCUT2D eigenvalue weighted by Crippen LogP contribution is -2.26. The predicted molar refractivity (Wildman–Crippen MR) is 67.4 cm³/mol. The molecular weight excluding hydrogens is 217 g/mol. The number of H-pyrrole nitrogens is 1. The Bertz CT molecular complexity index is 511. The number of nitrogens with zero attached hydrogens (tertiary/aromatic N) is 1. The summed E-state index contributed by atoms with van der Waals surface area (Å²) in [5.41, 5.74) is 1.55. The van der Waals surface area contributed by atoms with Crippen molar-refractivity contribution in [3.8, 4) is 11.3 Å². The highest BCUT2D eigenvalue weighted by Crippen LogP contribution is 2.21. The molecule has 2 rings (SSSR count). The van der Waals surface area contributed by atoms with Crippen LogP contribution >= 0.6 is 0 Å². The van der Waals surface area contributed by atoms with Crippen molar-refractivity contribution in [2.75, 3.05) is 5.32 Å². The standard InChI is InChI=1S/C13H16FN3/c1-13(2,3)15-12-8-11(16-17-12)9-5-4-6-10(14)7-9/h4-8H,1-3H3,(H2,15,16,17). The minimum atomic E-state index is -0.248. The summed E-state index contributed by atoms with van der Waals surface area (Å²) in [6, 6.07) is 8.31. The van der Waals surface area contributed by atoms with E-state index in [0.29, 0.717) is 0 Å². The third kappa shape index (κ3) is 3.06. The van der Waals surface area contributed by atoms with Crippen LogP contribution in [0.1, 0.15) is 20.8 Å². The molecule has 2 aromatic rings. The second-order valence-corrected chi connectivity index (χ2v) is 5.05. The Kier molecular flexibility index (Phi) is 2.88. The summed E-state index contributed by atoms with van der Waals surface area (Å²) in [5, 5.41) is 10.3. The van der Waals surface area contributed by atoms with Crippen LogP contribution in [-0.2, 0) is 0 Å². The van der Waals surface area contributed by atoms with Crippen molar-refractivity contribution in [2.45, 2.75) is 26.3 Å². The van der Waals surface area contributed by atoms with Gasteiger partial charge < -0.3 is 5.32 Å². The van der Waals surface area contributed by atoms with E-state index in [2.05, 4.69) is 36.3 Å². The lowest BCUT2D eigenvalue weighted by Gasteiger charge is -2.19. The van der Waals surface area contributed by atoms with Crippen molar-refractivity contribution >= 4 is 5.82 Å². The highest BCUT2D eigenvalue weighted by atomic mass is 19.1. The Morgan fingerprint density at radius 3 is 2.65 bits per heavy atom. The molecule has 0 unspecified atom stereocenters. The van der Waals surface area contributed by atoms with Gasteiger partial charge in [-0.05, 0) is 32.9 Å². The Balaban J connectivity index is 2.24. The van der Waals surface area contributed by atoms with Crippen LogP contribution in [0.5, 0.6) is 0 Å². The Morgan fingerprint density at radius 2 is 2.00 bits per heavy atom. The zero-order chi connectivity index (χ0) is 12.5.